The third-order valence-corrected chi connectivity index (χ3v) is 7.21. The quantitative estimate of drug-likeness (QED) is 0.661. The molecule has 0 aromatic heterocycles. The van der Waals surface area contributed by atoms with Crippen LogP contribution in [0.1, 0.15) is 24.0 Å². The molecule has 2 heterocycles. The molecule has 1 saturated heterocycles. The zero-order valence-corrected chi connectivity index (χ0v) is 18.7. The van der Waals surface area contributed by atoms with Gasteiger partial charge in [0.25, 0.3) is 5.91 Å². The highest BCUT2D eigenvalue weighted by molar-refractivity contribution is 7.89. The van der Waals surface area contributed by atoms with Gasteiger partial charge < -0.3 is 14.9 Å². The summed E-state index contributed by atoms with van der Waals surface area (Å²) in [5.74, 6) is -0.316. The number of aryl methyl sites for hydroxylation is 1. The summed E-state index contributed by atoms with van der Waals surface area (Å²) in [6.45, 7) is 2.85. The molecule has 1 amide bonds. The Hall–Kier alpha value is -2.75. The molecule has 0 unspecified atom stereocenters. The molecule has 2 aliphatic heterocycles. The predicted molar refractivity (Wildman–Crippen MR) is 120 cm³/mol. The molecule has 1 spiro atoms. The van der Waals surface area contributed by atoms with Gasteiger partial charge >= 0.3 is 0 Å². The van der Waals surface area contributed by atoms with Crippen molar-refractivity contribution in [2.75, 3.05) is 19.8 Å². The number of benzene rings is 2. The average Bonchev–Trinajstić information content (AvgIpc) is 3.21. The van der Waals surface area contributed by atoms with Crippen molar-refractivity contribution in [3.63, 3.8) is 0 Å². The second-order valence-electron chi connectivity index (χ2n) is 8.19. The second-order valence-corrected chi connectivity index (χ2v) is 9.91. The molecule has 0 saturated carbocycles. The molecular weight excluding hydrogens is 430 g/mol. The molecule has 4 rings (SSSR count). The number of amides is 1. The van der Waals surface area contributed by atoms with E-state index >= 15 is 0 Å². The third-order valence-electron chi connectivity index (χ3n) is 5.74. The van der Waals surface area contributed by atoms with Gasteiger partial charge in [-0.3, -0.25) is 4.79 Å². The van der Waals surface area contributed by atoms with E-state index in [0.29, 0.717) is 26.0 Å². The van der Waals surface area contributed by atoms with Crippen molar-refractivity contribution in [3.8, 4) is 0 Å². The molecule has 0 radical (unpaired) electrons. The summed E-state index contributed by atoms with van der Waals surface area (Å²) in [4.78, 5) is 18.5. The topological polar surface area (TPSA) is 106 Å². The zero-order valence-electron chi connectivity index (χ0n) is 17.9. The number of rotatable bonds is 7. The van der Waals surface area contributed by atoms with Crippen LogP contribution < -0.4 is 10.0 Å². The highest BCUT2D eigenvalue weighted by Gasteiger charge is 2.51. The number of nitrogens with one attached hydrogen (secondary N) is 2. The first kappa shape index (κ1) is 22.4. The Labute approximate surface area is 188 Å². The van der Waals surface area contributed by atoms with Crippen molar-refractivity contribution in [2.24, 2.45) is 5.16 Å². The van der Waals surface area contributed by atoms with Crippen LogP contribution in [0.5, 0.6) is 0 Å². The van der Waals surface area contributed by atoms with E-state index in [2.05, 4.69) is 15.2 Å². The first-order valence-electron chi connectivity index (χ1n) is 10.6. The maximum absolute atomic E-state index is 13.0. The van der Waals surface area contributed by atoms with Gasteiger partial charge in [-0.1, -0.05) is 47.6 Å². The lowest BCUT2D eigenvalue weighted by Crippen LogP contribution is -2.58. The number of oxime groups is 1. The number of carbonyl (C=O) groups excluding carboxylic acids is 1. The standard InChI is InChI=1S/C23H27N3O5S/c1-17-6-5-9-19(14-17)32(28,29)26-21-11-13-30-16-23(21)15-20(25-31-23)22(27)24-12-10-18-7-3-2-4-8-18/h2-9,14,21,26H,10-13,15-16H2,1H3,(H,24,27)/t21-,23-/m1/s1. The second kappa shape index (κ2) is 9.40. The Morgan fingerprint density at radius 3 is 2.78 bits per heavy atom. The fraction of sp³-hybridized carbons (Fsp3) is 0.391. The lowest BCUT2D eigenvalue weighted by atomic mass is 9.86. The fourth-order valence-electron chi connectivity index (χ4n) is 3.96. The van der Waals surface area contributed by atoms with E-state index in [-0.39, 0.29) is 29.5 Å². The molecule has 0 aliphatic carbocycles. The summed E-state index contributed by atoms with van der Waals surface area (Å²) in [6.07, 6.45) is 1.29. The number of hydrogen-bond acceptors (Lipinski definition) is 6. The van der Waals surface area contributed by atoms with Gasteiger partial charge in [-0.15, -0.1) is 0 Å². The van der Waals surface area contributed by atoms with Gasteiger partial charge in [0.15, 0.2) is 5.60 Å². The summed E-state index contributed by atoms with van der Waals surface area (Å²) >= 11 is 0. The summed E-state index contributed by atoms with van der Waals surface area (Å²) in [5.41, 5.74) is 1.18. The van der Waals surface area contributed by atoms with E-state index in [9.17, 15) is 13.2 Å². The minimum atomic E-state index is -3.77. The molecule has 2 atom stereocenters. The van der Waals surface area contributed by atoms with Crippen LogP contribution in [0.4, 0.5) is 0 Å². The number of ether oxygens (including phenoxy) is 1. The number of sulfonamides is 1. The van der Waals surface area contributed by atoms with Gasteiger partial charge in [0.2, 0.25) is 10.0 Å². The SMILES string of the molecule is Cc1cccc(S(=O)(=O)N[C@@H]2CCOC[C@]23CC(C(=O)NCCc2ccccc2)=NO3)c1. The largest absolute Gasteiger partial charge is 0.384 e. The lowest BCUT2D eigenvalue weighted by Gasteiger charge is -2.38. The zero-order chi connectivity index (χ0) is 22.6. The normalized spacial score (nSPS) is 22.9. The van der Waals surface area contributed by atoms with E-state index < -0.39 is 21.7 Å². The number of carbonyl (C=O) groups is 1. The van der Waals surface area contributed by atoms with Crippen LogP contribution in [0.25, 0.3) is 0 Å². The monoisotopic (exact) mass is 457 g/mol. The number of nitrogens with zero attached hydrogens (tertiary/aromatic N) is 1. The molecule has 2 N–H and O–H groups in total. The minimum absolute atomic E-state index is 0.151. The molecule has 1 fully saturated rings. The van der Waals surface area contributed by atoms with Gasteiger partial charge in [-0.25, -0.2) is 13.1 Å². The molecule has 0 bridgehead atoms. The van der Waals surface area contributed by atoms with Crippen LogP contribution >= 0.6 is 0 Å². The van der Waals surface area contributed by atoms with Crippen molar-refractivity contribution in [3.05, 3.63) is 65.7 Å². The highest BCUT2D eigenvalue weighted by atomic mass is 32.2. The van der Waals surface area contributed by atoms with E-state index in [0.717, 1.165) is 11.1 Å². The molecule has 9 heteroatoms. The van der Waals surface area contributed by atoms with Crippen molar-refractivity contribution in [1.29, 1.82) is 0 Å². The Bertz CT molecular complexity index is 1100. The van der Waals surface area contributed by atoms with Gasteiger partial charge in [-0.05, 0) is 43.0 Å². The highest BCUT2D eigenvalue weighted by Crippen LogP contribution is 2.34. The predicted octanol–water partition coefficient (Wildman–Crippen LogP) is 1.94. The first-order chi connectivity index (χ1) is 15.4. The summed E-state index contributed by atoms with van der Waals surface area (Å²) in [6, 6.07) is 16.0. The van der Waals surface area contributed by atoms with Gasteiger partial charge in [0, 0.05) is 19.6 Å². The minimum Gasteiger partial charge on any atom is -0.384 e. The van der Waals surface area contributed by atoms with Gasteiger partial charge in [0.05, 0.1) is 17.5 Å². The molecule has 170 valence electrons. The Kier molecular flexibility index (Phi) is 6.59. The van der Waals surface area contributed by atoms with E-state index in [1.54, 1.807) is 18.2 Å². The van der Waals surface area contributed by atoms with Crippen molar-refractivity contribution in [1.82, 2.24) is 10.0 Å². The van der Waals surface area contributed by atoms with Crippen LogP contribution in [0.3, 0.4) is 0 Å². The maximum Gasteiger partial charge on any atom is 0.269 e. The van der Waals surface area contributed by atoms with Crippen molar-refractivity contribution >= 4 is 21.6 Å². The average molecular weight is 458 g/mol. The van der Waals surface area contributed by atoms with E-state index in [1.807, 2.05) is 43.3 Å². The summed E-state index contributed by atoms with van der Waals surface area (Å²) in [7, 11) is -3.77. The molecule has 2 aliphatic rings. The lowest BCUT2D eigenvalue weighted by molar-refractivity contribution is -0.126. The first-order valence-corrected chi connectivity index (χ1v) is 12.1. The van der Waals surface area contributed by atoms with Crippen LogP contribution in [-0.4, -0.2) is 51.4 Å². The molecule has 8 nitrogen and oxygen atoms in total. The molecule has 2 aromatic rings. The Balaban J connectivity index is 1.39. The van der Waals surface area contributed by atoms with Crippen LogP contribution in [0.15, 0.2) is 64.6 Å². The fourth-order valence-corrected chi connectivity index (χ4v) is 5.40. The molecule has 2 aromatic carbocycles. The van der Waals surface area contributed by atoms with Crippen LogP contribution in [0.2, 0.25) is 0 Å². The van der Waals surface area contributed by atoms with Gasteiger partial charge in [0.1, 0.15) is 5.71 Å². The van der Waals surface area contributed by atoms with Crippen LogP contribution in [-0.2, 0) is 30.8 Å². The third kappa shape index (κ3) is 5.01. The van der Waals surface area contributed by atoms with E-state index in [1.165, 1.54) is 0 Å². The summed E-state index contributed by atoms with van der Waals surface area (Å²) < 4.78 is 34.3. The van der Waals surface area contributed by atoms with Crippen LogP contribution in [0, 0.1) is 6.92 Å². The van der Waals surface area contributed by atoms with E-state index in [4.69, 9.17) is 9.57 Å². The number of hydrogen-bond donors (Lipinski definition) is 2. The van der Waals surface area contributed by atoms with Gasteiger partial charge in [-0.2, -0.15) is 0 Å². The van der Waals surface area contributed by atoms with Crippen molar-refractivity contribution < 1.29 is 22.8 Å². The van der Waals surface area contributed by atoms with Crippen molar-refractivity contribution in [2.45, 2.75) is 42.7 Å². The molecular formula is C23H27N3O5S. The Morgan fingerprint density at radius 2 is 2.00 bits per heavy atom. The summed E-state index contributed by atoms with van der Waals surface area (Å²) in [5, 5.41) is 6.86. The Morgan fingerprint density at radius 1 is 1.19 bits per heavy atom. The smallest absolute Gasteiger partial charge is 0.269 e. The maximum atomic E-state index is 13.0. The molecule has 32 heavy (non-hydrogen) atoms.